The van der Waals surface area contributed by atoms with Crippen LogP contribution in [0, 0.1) is 0 Å². The Hall–Kier alpha value is -2.18. The van der Waals surface area contributed by atoms with E-state index in [-0.39, 0.29) is 5.91 Å². The number of rotatable bonds is 4. The molecule has 0 unspecified atom stereocenters. The van der Waals surface area contributed by atoms with Crippen LogP contribution in [0.3, 0.4) is 0 Å². The predicted octanol–water partition coefficient (Wildman–Crippen LogP) is 3.47. The molecular formula is C21H24N4OS. The van der Waals surface area contributed by atoms with Gasteiger partial charge in [-0.2, -0.15) is 5.10 Å². The number of hydrazone groups is 1. The van der Waals surface area contributed by atoms with Crippen molar-refractivity contribution >= 4 is 29.0 Å². The Morgan fingerprint density at radius 1 is 1.19 bits per heavy atom. The SMILES string of the molecule is O=C1NN=C(c2cccs2)/C1=C\c1[nH]c2c(c1CN1CCCC1)CCCC2. The van der Waals surface area contributed by atoms with Gasteiger partial charge in [-0.3, -0.25) is 9.69 Å². The maximum Gasteiger partial charge on any atom is 0.273 e. The number of thiophene rings is 1. The lowest BCUT2D eigenvalue weighted by atomic mass is 9.94. The Labute approximate surface area is 163 Å². The number of carbonyl (C=O) groups excluding carboxylic acids is 1. The third-order valence-corrected chi connectivity index (χ3v) is 6.71. The minimum absolute atomic E-state index is 0.113. The molecule has 0 bridgehead atoms. The molecule has 0 aromatic carbocycles. The van der Waals surface area contributed by atoms with Gasteiger partial charge < -0.3 is 4.98 Å². The number of aromatic amines is 1. The first-order valence-corrected chi connectivity index (χ1v) is 10.8. The number of H-pyrrole nitrogens is 1. The molecular weight excluding hydrogens is 356 g/mol. The summed E-state index contributed by atoms with van der Waals surface area (Å²) in [5.41, 5.74) is 9.43. The smallest absolute Gasteiger partial charge is 0.273 e. The number of nitrogens with zero attached hydrogens (tertiary/aromatic N) is 2. The lowest BCUT2D eigenvalue weighted by Gasteiger charge is -2.18. The largest absolute Gasteiger partial charge is 0.358 e. The summed E-state index contributed by atoms with van der Waals surface area (Å²) < 4.78 is 0. The van der Waals surface area contributed by atoms with E-state index in [1.807, 2.05) is 23.6 Å². The van der Waals surface area contributed by atoms with E-state index < -0.39 is 0 Å². The fraction of sp³-hybridized carbons (Fsp3) is 0.429. The molecule has 1 aliphatic carbocycles. The fourth-order valence-corrected chi connectivity index (χ4v) is 5.19. The van der Waals surface area contributed by atoms with E-state index in [0.29, 0.717) is 5.57 Å². The van der Waals surface area contributed by atoms with Crippen LogP contribution in [0.25, 0.3) is 6.08 Å². The standard InChI is InChI=1S/C21H24N4OS/c26-21-15(20(23-24-21)19-8-5-11-27-19)12-18-16(13-25-9-3-4-10-25)14-6-1-2-7-17(14)22-18/h5,8,11-12,22H,1-4,6-7,9-10,13H2,(H,24,26)/b15-12+. The number of aromatic nitrogens is 1. The Morgan fingerprint density at radius 3 is 2.85 bits per heavy atom. The van der Waals surface area contributed by atoms with Gasteiger partial charge in [-0.15, -0.1) is 11.3 Å². The van der Waals surface area contributed by atoms with Crippen molar-refractivity contribution in [3.8, 4) is 0 Å². The van der Waals surface area contributed by atoms with E-state index in [9.17, 15) is 4.79 Å². The summed E-state index contributed by atoms with van der Waals surface area (Å²) >= 11 is 1.61. The van der Waals surface area contributed by atoms with Gasteiger partial charge in [0, 0.05) is 17.9 Å². The normalized spacial score (nSPS) is 21.6. The molecule has 5 nitrogen and oxygen atoms in total. The molecule has 2 N–H and O–H groups in total. The zero-order chi connectivity index (χ0) is 18.2. The van der Waals surface area contributed by atoms with Crippen LogP contribution in [0.15, 0.2) is 28.2 Å². The summed E-state index contributed by atoms with van der Waals surface area (Å²) in [6.45, 7) is 3.34. The van der Waals surface area contributed by atoms with Crippen LogP contribution in [0.1, 0.15) is 53.1 Å². The third-order valence-electron chi connectivity index (χ3n) is 5.84. The number of hydrogen-bond acceptors (Lipinski definition) is 4. The highest BCUT2D eigenvalue weighted by molar-refractivity contribution is 7.12. The van der Waals surface area contributed by atoms with E-state index in [2.05, 4.69) is 20.4 Å². The molecule has 4 heterocycles. The molecule has 1 amide bonds. The van der Waals surface area contributed by atoms with E-state index in [1.54, 1.807) is 11.3 Å². The molecule has 2 aromatic heterocycles. The topological polar surface area (TPSA) is 60.5 Å². The average molecular weight is 381 g/mol. The zero-order valence-corrected chi connectivity index (χ0v) is 16.2. The van der Waals surface area contributed by atoms with Crippen LogP contribution in [0.2, 0.25) is 0 Å². The number of aryl methyl sites for hydroxylation is 1. The van der Waals surface area contributed by atoms with Crippen LogP contribution in [-0.4, -0.2) is 34.6 Å². The molecule has 0 saturated carbocycles. The lowest BCUT2D eigenvalue weighted by Crippen LogP contribution is -2.20. The Morgan fingerprint density at radius 2 is 2.04 bits per heavy atom. The van der Waals surface area contributed by atoms with Crippen LogP contribution in [0.5, 0.6) is 0 Å². The number of hydrogen-bond donors (Lipinski definition) is 2. The van der Waals surface area contributed by atoms with E-state index >= 15 is 0 Å². The highest BCUT2D eigenvalue weighted by Crippen LogP contribution is 2.31. The minimum atomic E-state index is -0.113. The molecule has 0 atom stereocenters. The van der Waals surface area contributed by atoms with Crippen molar-refractivity contribution in [2.45, 2.75) is 45.1 Å². The second-order valence-electron chi connectivity index (χ2n) is 7.60. The first kappa shape index (κ1) is 17.0. The quantitative estimate of drug-likeness (QED) is 0.798. The summed E-state index contributed by atoms with van der Waals surface area (Å²) in [6.07, 6.45) is 9.39. The highest BCUT2D eigenvalue weighted by Gasteiger charge is 2.27. The van der Waals surface area contributed by atoms with Crippen molar-refractivity contribution < 1.29 is 4.79 Å². The molecule has 3 aliphatic rings. The molecule has 0 radical (unpaired) electrons. The van der Waals surface area contributed by atoms with Gasteiger partial charge in [0.1, 0.15) is 5.71 Å². The first-order chi connectivity index (χ1) is 13.3. The molecule has 1 fully saturated rings. The average Bonchev–Trinajstić information content (AvgIpc) is 3.46. The van der Waals surface area contributed by atoms with Gasteiger partial charge >= 0.3 is 0 Å². The molecule has 140 valence electrons. The van der Waals surface area contributed by atoms with Gasteiger partial charge in [0.25, 0.3) is 5.91 Å². The summed E-state index contributed by atoms with van der Waals surface area (Å²) in [7, 11) is 0. The van der Waals surface area contributed by atoms with Crippen LogP contribution in [-0.2, 0) is 24.2 Å². The minimum Gasteiger partial charge on any atom is -0.358 e. The van der Waals surface area contributed by atoms with Gasteiger partial charge in [0.2, 0.25) is 0 Å². The lowest BCUT2D eigenvalue weighted by molar-refractivity contribution is -0.116. The molecule has 1 saturated heterocycles. The molecule has 2 aliphatic heterocycles. The zero-order valence-electron chi connectivity index (χ0n) is 15.4. The van der Waals surface area contributed by atoms with Crippen molar-refractivity contribution in [1.82, 2.24) is 15.3 Å². The fourth-order valence-electron chi connectivity index (χ4n) is 4.46. The van der Waals surface area contributed by atoms with Crippen LogP contribution < -0.4 is 5.43 Å². The molecule has 5 rings (SSSR count). The second-order valence-corrected chi connectivity index (χ2v) is 8.55. The van der Waals surface area contributed by atoms with Gasteiger partial charge in [-0.05, 0) is 80.3 Å². The Balaban J connectivity index is 1.55. The van der Waals surface area contributed by atoms with Crippen molar-refractivity contribution in [3.05, 3.63) is 50.5 Å². The van der Waals surface area contributed by atoms with E-state index in [4.69, 9.17) is 0 Å². The van der Waals surface area contributed by atoms with E-state index in [1.165, 1.54) is 55.6 Å². The maximum atomic E-state index is 12.5. The number of amides is 1. The van der Waals surface area contributed by atoms with Gasteiger partial charge in [0.05, 0.1) is 10.5 Å². The van der Waals surface area contributed by atoms with E-state index in [0.717, 1.165) is 35.7 Å². The van der Waals surface area contributed by atoms with Crippen molar-refractivity contribution in [3.63, 3.8) is 0 Å². The molecule has 27 heavy (non-hydrogen) atoms. The Bertz CT molecular complexity index is 916. The summed E-state index contributed by atoms with van der Waals surface area (Å²) in [5, 5.41) is 6.30. The number of likely N-dealkylation sites (tertiary alicyclic amines) is 1. The second kappa shape index (κ2) is 7.09. The van der Waals surface area contributed by atoms with Gasteiger partial charge in [-0.25, -0.2) is 5.43 Å². The number of nitrogens with one attached hydrogen (secondary N) is 2. The summed E-state index contributed by atoms with van der Waals surface area (Å²) in [4.78, 5) is 19.7. The number of carbonyl (C=O) groups is 1. The molecule has 6 heteroatoms. The third kappa shape index (κ3) is 3.17. The van der Waals surface area contributed by atoms with Crippen molar-refractivity contribution in [1.29, 1.82) is 0 Å². The monoisotopic (exact) mass is 380 g/mol. The predicted molar refractivity (Wildman–Crippen MR) is 109 cm³/mol. The number of fused-ring (bicyclic) bond motifs is 1. The van der Waals surface area contributed by atoms with Crippen LogP contribution >= 0.6 is 11.3 Å². The molecule has 2 aromatic rings. The maximum absolute atomic E-state index is 12.5. The molecule has 0 spiro atoms. The highest BCUT2D eigenvalue weighted by atomic mass is 32.1. The van der Waals surface area contributed by atoms with Crippen molar-refractivity contribution in [2.24, 2.45) is 5.10 Å². The first-order valence-electron chi connectivity index (χ1n) is 9.88. The summed E-state index contributed by atoms with van der Waals surface area (Å²) in [5.74, 6) is -0.113. The summed E-state index contributed by atoms with van der Waals surface area (Å²) in [6, 6.07) is 4.01. The van der Waals surface area contributed by atoms with Gasteiger partial charge in [0.15, 0.2) is 0 Å². The van der Waals surface area contributed by atoms with Crippen molar-refractivity contribution in [2.75, 3.05) is 13.1 Å². The van der Waals surface area contributed by atoms with Gasteiger partial charge in [-0.1, -0.05) is 6.07 Å². The Kier molecular flexibility index (Phi) is 4.45. The van der Waals surface area contributed by atoms with Crippen LogP contribution in [0.4, 0.5) is 0 Å².